The van der Waals surface area contributed by atoms with Crippen molar-refractivity contribution in [2.75, 3.05) is 20.2 Å². The van der Waals surface area contributed by atoms with Gasteiger partial charge in [0.25, 0.3) is 0 Å². The predicted molar refractivity (Wildman–Crippen MR) is 78.4 cm³/mol. The zero-order chi connectivity index (χ0) is 12.0. The lowest BCUT2D eigenvalue weighted by Gasteiger charge is -2.25. The lowest BCUT2D eigenvalue weighted by molar-refractivity contribution is -0.144. The molecule has 100 valence electrons. The van der Waals surface area contributed by atoms with Gasteiger partial charge in [0.1, 0.15) is 0 Å². The SMILES string of the molecule is COC(=O)C(C)CN=C(N)NCC1CCC1.I. The van der Waals surface area contributed by atoms with E-state index in [1.165, 1.54) is 26.4 Å². The Morgan fingerprint density at radius 2 is 2.24 bits per heavy atom. The maximum Gasteiger partial charge on any atom is 0.310 e. The molecule has 0 aromatic rings. The maximum atomic E-state index is 11.1. The summed E-state index contributed by atoms with van der Waals surface area (Å²) in [6.45, 7) is 3.03. The van der Waals surface area contributed by atoms with Gasteiger partial charge in [0.15, 0.2) is 5.96 Å². The number of halogens is 1. The summed E-state index contributed by atoms with van der Waals surface area (Å²) < 4.78 is 4.60. The highest BCUT2D eigenvalue weighted by atomic mass is 127. The van der Waals surface area contributed by atoms with Gasteiger partial charge >= 0.3 is 5.97 Å². The van der Waals surface area contributed by atoms with Crippen LogP contribution in [0.25, 0.3) is 0 Å². The number of ether oxygens (including phenoxy) is 1. The summed E-state index contributed by atoms with van der Waals surface area (Å²) in [6, 6.07) is 0. The van der Waals surface area contributed by atoms with E-state index in [9.17, 15) is 4.79 Å². The summed E-state index contributed by atoms with van der Waals surface area (Å²) in [6.07, 6.45) is 3.88. The van der Waals surface area contributed by atoms with Crippen LogP contribution in [0.2, 0.25) is 0 Å². The van der Waals surface area contributed by atoms with Gasteiger partial charge < -0.3 is 15.8 Å². The zero-order valence-corrected chi connectivity index (χ0v) is 12.8. The Balaban J connectivity index is 0.00000256. The predicted octanol–water partition coefficient (Wildman–Crippen LogP) is 1.12. The standard InChI is InChI=1S/C11H21N3O2.HI/c1-8(10(15)16-2)6-13-11(12)14-7-9-4-3-5-9;/h8-9H,3-7H2,1-2H3,(H3,12,13,14);1H. The van der Waals surface area contributed by atoms with Gasteiger partial charge in [-0.2, -0.15) is 0 Å². The normalized spacial score (nSPS) is 17.6. The molecule has 3 N–H and O–H groups in total. The van der Waals surface area contributed by atoms with Gasteiger partial charge in [-0.15, -0.1) is 24.0 Å². The lowest BCUT2D eigenvalue weighted by Crippen LogP contribution is -2.37. The summed E-state index contributed by atoms with van der Waals surface area (Å²) in [5.41, 5.74) is 5.68. The molecular weight excluding hydrogens is 333 g/mol. The number of methoxy groups -OCH3 is 1. The van der Waals surface area contributed by atoms with Crippen molar-refractivity contribution in [1.29, 1.82) is 0 Å². The molecule has 5 nitrogen and oxygen atoms in total. The van der Waals surface area contributed by atoms with E-state index < -0.39 is 0 Å². The highest BCUT2D eigenvalue weighted by molar-refractivity contribution is 14.0. The molecule has 17 heavy (non-hydrogen) atoms. The Kier molecular flexibility index (Phi) is 8.28. The highest BCUT2D eigenvalue weighted by Crippen LogP contribution is 2.24. The minimum Gasteiger partial charge on any atom is -0.469 e. The highest BCUT2D eigenvalue weighted by Gasteiger charge is 2.17. The molecule has 1 aliphatic rings. The van der Waals surface area contributed by atoms with Crippen LogP contribution in [0.15, 0.2) is 4.99 Å². The van der Waals surface area contributed by atoms with Gasteiger partial charge in [-0.05, 0) is 18.8 Å². The Morgan fingerprint density at radius 1 is 1.59 bits per heavy atom. The topological polar surface area (TPSA) is 76.7 Å². The molecule has 0 radical (unpaired) electrons. The van der Waals surface area contributed by atoms with Gasteiger partial charge in [0.2, 0.25) is 0 Å². The van der Waals surface area contributed by atoms with Crippen molar-refractivity contribution < 1.29 is 9.53 Å². The molecule has 1 atom stereocenters. The number of nitrogens with zero attached hydrogens (tertiary/aromatic N) is 1. The summed E-state index contributed by atoms with van der Waals surface area (Å²) in [5.74, 6) is 0.666. The number of carbonyl (C=O) groups excluding carboxylic acids is 1. The summed E-state index contributed by atoms with van der Waals surface area (Å²) in [7, 11) is 1.38. The molecule has 0 spiro atoms. The first-order chi connectivity index (χ1) is 7.63. The van der Waals surface area contributed by atoms with Gasteiger partial charge in [0, 0.05) is 6.54 Å². The first-order valence-electron chi connectivity index (χ1n) is 5.75. The Labute approximate surface area is 120 Å². The summed E-state index contributed by atoms with van der Waals surface area (Å²) in [4.78, 5) is 15.2. The number of rotatable bonds is 5. The molecule has 0 bridgehead atoms. The third kappa shape index (κ3) is 6.09. The second kappa shape index (κ2) is 8.54. The molecule has 0 saturated heterocycles. The maximum absolute atomic E-state index is 11.1. The van der Waals surface area contributed by atoms with Crippen molar-refractivity contribution in [3.63, 3.8) is 0 Å². The molecule has 1 aliphatic carbocycles. The smallest absolute Gasteiger partial charge is 0.310 e. The largest absolute Gasteiger partial charge is 0.469 e. The number of aliphatic imine (C=N–C) groups is 1. The fourth-order valence-corrected chi connectivity index (χ4v) is 1.51. The molecule has 0 aromatic heterocycles. The Morgan fingerprint density at radius 3 is 2.71 bits per heavy atom. The van der Waals surface area contributed by atoms with E-state index in [-0.39, 0.29) is 35.9 Å². The Hall–Kier alpha value is -0.530. The molecule has 0 heterocycles. The molecule has 0 amide bonds. The molecule has 0 aliphatic heterocycles. The van der Waals surface area contributed by atoms with Crippen LogP contribution < -0.4 is 11.1 Å². The molecular formula is C11H22IN3O2. The van der Waals surface area contributed by atoms with Crippen molar-refractivity contribution in [2.45, 2.75) is 26.2 Å². The van der Waals surface area contributed by atoms with Crippen LogP contribution in [0.4, 0.5) is 0 Å². The summed E-state index contributed by atoms with van der Waals surface area (Å²) >= 11 is 0. The van der Waals surface area contributed by atoms with Crippen LogP contribution in [0.5, 0.6) is 0 Å². The average Bonchev–Trinajstić information content (AvgIpc) is 2.22. The van der Waals surface area contributed by atoms with Crippen molar-refractivity contribution in [1.82, 2.24) is 5.32 Å². The molecule has 1 fully saturated rings. The first kappa shape index (κ1) is 16.5. The van der Waals surface area contributed by atoms with Crippen molar-refractivity contribution in [3.8, 4) is 0 Å². The number of hydrogen-bond donors (Lipinski definition) is 2. The van der Waals surface area contributed by atoms with Crippen molar-refractivity contribution in [3.05, 3.63) is 0 Å². The first-order valence-corrected chi connectivity index (χ1v) is 5.75. The van der Waals surface area contributed by atoms with Crippen molar-refractivity contribution >= 4 is 35.9 Å². The van der Waals surface area contributed by atoms with E-state index in [0.29, 0.717) is 12.5 Å². The van der Waals surface area contributed by atoms with Crippen LogP contribution in [0.1, 0.15) is 26.2 Å². The lowest BCUT2D eigenvalue weighted by atomic mass is 9.85. The number of hydrogen-bond acceptors (Lipinski definition) is 3. The van der Waals surface area contributed by atoms with E-state index in [4.69, 9.17) is 5.73 Å². The minimum absolute atomic E-state index is 0. The van der Waals surface area contributed by atoms with E-state index in [0.717, 1.165) is 12.5 Å². The van der Waals surface area contributed by atoms with Gasteiger partial charge in [0.05, 0.1) is 19.6 Å². The molecule has 0 aromatic carbocycles. The van der Waals surface area contributed by atoms with E-state index >= 15 is 0 Å². The zero-order valence-electron chi connectivity index (χ0n) is 10.4. The monoisotopic (exact) mass is 355 g/mol. The molecule has 1 unspecified atom stereocenters. The third-order valence-electron chi connectivity index (χ3n) is 2.94. The third-order valence-corrected chi connectivity index (χ3v) is 2.94. The van der Waals surface area contributed by atoms with Crippen LogP contribution in [0.3, 0.4) is 0 Å². The molecule has 1 saturated carbocycles. The average molecular weight is 355 g/mol. The van der Waals surface area contributed by atoms with E-state index in [1.54, 1.807) is 6.92 Å². The quantitative estimate of drug-likeness (QED) is 0.335. The van der Waals surface area contributed by atoms with Crippen LogP contribution in [-0.2, 0) is 9.53 Å². The molecule has 1 rings (SSSR count). The van der Waals surface area contributed by atoms with Crippen molar-refractivity contribution in [2.24, 2.45) is 22.6 Å². The number of esters is 1. The van der Waals surface area contributed by atoms with Crippen LogP contribution in [0, 0.1) is 11.8 Å². The number of carbonyl (C=O) groups is 1. The number of nitrogens with two attached hydrogens (primary N) is 1. The summed E-state index contributed by atoms with van der Waals surface area (Å²) in [5, 5.41) is 3.07. The van der Waals surface area contributed by atoms with Gasteiger partial charge in [-0.1, -0.05) is 13.3 Å². The van der Waals surface area contributed by atoms with E-state index in [2.05, 4.69) is 15.0 Å². The number of guanidine groups is 1. The number of nitrogens with one attached hydrogen (secondary N) is 1. The second-order valence-corrected chi connectivity index (χ2v) is 4.33. The van der Waals surface area contributed by atoms with Crippen LogP contribution in [-0.4, -0.2) is 32.1 Å². The fourth-order valence-electron chi connectivity index (χ4n) is 1.51. The minimum atomic E-state index is -0.254. The second-order valence-electron chi connectivity index (χ2n) is 4.33. The van der Waals surface area contributed by atoms with Crippen LogP contribution >= 0.6 is 24.0 Å². The Bertz CT molecular complexity index is 267. The van der Waals surface area contributed by atoms with E-state index in [1.807, 2.05) is 0 Å². The van der Waals surface area contributed by atoms with Gasteiger partial charge in [-0.25, -0.2) is 0 Å². The fraction of sp³-hybridized carbons (Fsp3) is 0.818. The molecule has 6 heteroatoms. The van der Waals surface area contributed by atoms with Gasteiger partial charge in [-0.3, -0.25) is 9.79 Å².